The van der Waals surface area contributed by atoms with Gasteiger partial charge < -0.3 is 19.8 Å². The molecule has 3 aromatic rings. The van der Waals surface area contributed by atoms with E-state index < -0.39 is 0 Å². The van der Waals surface area contributed by atoms with Crippen molar-refractivity contribution in [2.75, 3.05) is 20.2 Å². The molecule has 1 aliphatic rings. The van der Waals surface area contributed by atoms with Crippen molar-refractivity contribution in [1.82, 2.24) is 25.1 Å². The van der Waals surface area contributed by atoms with Gasteiger partial charge in [-0.2, -0.15) is 0 Å². The average Bonchev–Trinajstić information content (AvgIpc) is 3.33. The molecule has 1 aromatic heterocycles. The minimum atomic E-state index is -0.115. The molecule has 0 unspecified atom stereocenters. The molecule has 0 bridgehead atoms. The lowest BCUT2D eigenvalue weighted by molar-refractivity contribution is -0.133. The van der Waals surface area contributed by atoms with Crippen molar-refractivity contribution in [3.05, 3.63) is 35.9 Å². The molecule has 2 heterocycles. The van der Waals surface area contributed by atoms with Gasteiger partial charge >= 0.3 is 0 Å². The maximum absolute atomic E-state index is 12.5. The van der Waals surface area contributed by atoms with Gasteiger partial charge in [0, 0.05) is 36.7 Å². The van der Waals surface area contributed by atoms with Gasteiger partial charge in [0.15, 0.2) is 5.82 Å². The predicted molar refractivity (Wildman–Crippen MR) is 137 cm³/mol. The maximum atomic E-state index is 12.5. The fourth-order valence-electron chi connectivity index (χ4n) is 4.72. The number of phenols is 2. The van der Waals surface area contributed by atoms with E-state index in [2.05, 4.69) is 29.4 Å². The number of aromatic hydroxyl groups is 2. The molecule has 2 aromatic carbocycles. The minimum Gasteiger partial charge on any atom is -0.507 e. The molecule has 1 fully saturated rings. The first-order chi connectivity index (χ1) is 17.2. The van der Waals surface area contributed by atoms with E-state index in [4.69, 9.17) is 4.74 Å². The smallest absolute Gasteiger partial charge is 0.222 e. The third-order valence-electron chi connectivity index (χ3n) is 6.77. The number of carbonyl (C=O) groups is 1. The highest BCUT2D eigenvalue weighted by atomic mass is 16.5. The van der Waals surface area contributed by atoms with E-state index in [0.29, 0.717) is 54.0 Å². The predicted octanol–water partition coefficient (Wildman–Crippen LogP) is 4.76. The molecule has 0 saturated carbocycles. The first kappa shape index (κ1) is 25.5. The summed E-state index contributed by atoms with van der Waals surface area (Å²) in [4.78, 5) is 14.4. The fourth-order valence-corrected chi connectivity index (χ4v) is 4.72. The van der Waals surface area contributed by atoms with Crippen LogP contribution in [0.5, 0.6) is 17.2 Å². The first-order valence-corrected chi connectivity index (χ1v) is 12.5. The highest BCUT2D eigenvalue weighted by molar-refractivity contribution is 5.82. The average molecular weight is 494 g/mol. The van der Waals surface area contributed by atoms with E-state index in [0.717, 1.165) is 24.0 Å². The zero-order valence-corrected chi connectivity index (χ0v) is 21.6. The lowest BCUT2D eigenvalue weighted by Gasteiger charge is -2.32. The summed E-state index contributed by atoms with van der Waals surface area (Å²) in [5, 5.41) is 33.9. The highest BCUT2D eigenvalue weighted by Crippen LogP contribution is 2.43. The Morgan fingerprint density at radius 1 is 1.03 bits per heavy atom. The van der Waals surface area contributed by atoms with Crippen LogP contribution in [0, 0.1) is 5.92 Å². The van der Waals surface area contributed by atoms with Crippen molar-refractivity contribution in [3.63, 3.8) is 0 Å². The quantitative estimate of drug-likeness (QED) is 0.488. The number of amides is 1. The Morgan fingerprint density at radius 3 is 2.36 bits per heavy atom. The Hall–Kier alpha value is -3.62. The van der Waals surface area contributed by atoms with Gasteiger partial charge in [0.05, 0.1) is 18.7 Å². The topological polar surface area (TPSA) is 114 Å². The minimum absolute atomic E-state index is 0.00596. The molecule has 0 aliphatic carbocycles. The molecule has 192 valence electrons. The van der Waals surface area contributed by atoms with E-state index >= 15 is 0 Å². The third-order valence-corrected chi connectivity index (χ3v) is 6.77. The zero-order chi connectivity index (χ0) is 26.0. The number of hydrogen-bond acceptors (Lipinski definition) is 7. The van der Waals surface area contributed by atoms with Gasteiger partial charge in [0.2, 0.25) is 5.91 Å². The van der Waals surface area contributed by atoms with Crippen molar-refractivity contribution in [2.45, 2.75) is 58.9 Å². The van der Waals surface area contributed by atoms with Crippen LogP contribution in [0.15, 0.2) is 30.3 Å². The molecule has 2 N–H and O–H groups in total. The van der Waals surface area contributed by atoms with Crippen LogP contribution >= 0.6 is 0 Å². The molecule has 0 radical (unpaired) electrons. The maximum Gasteiger partial charge on any atom is 0.222 e. The second-order valence-electron chi connectivity index (χ2n) is 10.2. The lowest BCUT2D eigenvalue weighted by Crippen LogP contribution is -2.39. The van der Waals surface area contributed by atoms with Crippen LogP contribution in [-0.4, -0.2) is 61.4 Å². The van der Waals surface area contributed by atoms with Crippen LogP contribution in [0.25, 0.3) is 22.5 Å². The largest absolute Gasteiger partial charge is 0.507 e. The van der Waals surface area contributed by atoms with Crippen LogP contribution in [0.3, 0.4) is 0 Å². The van der Waals surface area contributed by atoms with Gasteiger partial charge in [0.25, 0.3) is 0 Å². The Balaban J connectivity index is 1.67. The van der Waals surface area contributed by atoms with E-state index in [9.17, 15) is 15.0 Å². The fraction of sp³-hybridized carbons (Fsp3) is 0.481. The van der Waals surface area contributed by atoms with Crippen molar-refractivity contribution in [3.8, 4) is 39.8 Å². The molecule has 1 aliphatic heterocycles. The zero-order valence-electron chi connectivity index (χ0n) is 21.6. The number of phenolic OH excluding ortho intramolecular Hbond substituents is 2. The normalized spacial score (nSPS) is 14.6. The van der Waals surface area contributed by atoms with E-state index in [1.165, 1.54) is 6.07 Å². The summed E-state index contributed by atoms with van der Waals surface area (Å²) < 4.78 is 7.30. The SMILES string of the molecule is COc1ccc(C(C)C)cc1-c1cc(-c2nnnn2C2CCN(C(=O)CC(C)C)CC2)c(O)cc1O. The summed E-state index contributed by atoms with van der Waals surface area (Å²) >= 11 is 0. The lowest BCUT2D eigenvalue weighted by atomic mass is 9.94. The number of hydrogen-bond donors (Lipinski definition) is 2. The summed E-state index contributed by atoms with van der Waals surface area (Å²) in [6.07, 6.45) is 1.99. The van der Waals surface area contributed by atoms with Crippen LogP contribution in [-0.2, 0) is 4.79 Å². The summed E-state index contributed by atoms with van der Waals surface area (Å²) in [7, 11) is 1.59. The number of aromatic nitrogens is 4. The highest BCUT2D eigenvalue weighted by Gasteiger charge is 2.28. The molecule has 0 atom stereocenters. The molecule has 0 spiro atoms. The number of tetrazole rings is 1. The van der Waals surface area contributed by atoms with E-state index in [1.807, 2.05) is 36.9 Å². The van der Waals surface area contributed by atoms with E-state index in [-0.39, 0.29) is 23.4 Å². The molecule has 1 amide bonds. The standard InChI is InChI=1S/C27H35N5O4/c1-16(2)12-26(35)31-10-8-19(9-11-31)32-27(28-29-30-32)22-14-20(23(33)15-24(22)34)21-13-18(17(3)4)6-7-25(21)36-5/h6-7,13-17,19,33-34H,8-12H2,1-5H3. The van der Waals surface area contributed by atoms with Gasteiger partial charge in [-0.1, -0.05) is 33.8 Å². The Labute approximate surface area is 211 Å². The number of ether oxygens (including phenoxy) is 1. The van der Waals surface area contributed by atoms with Crippen molar-refractivity contribution in [1.29, 1.82) is 0 Å². The molecule has 9 nitrogen and oxygen atoms in total. The number of likely N-dealkylation sites (tertiary alicyclic amines) is 1. The molecule has 4 rings (SSSR count). The first-order valence-electron chi connectivity index (χ1n) is 12.5. The van der Waals surface area contributed by atoms with Crippen molar-refractivity contribution < 1.29 is 19.7 Å². The van der Waals surface area contributed by atoms with Crippen molar-refractivity contribution >= 4 is 5.91 Å². The van der Waals surface area contributed by atoms with Gasteiger partial charge in [-0.3, -0.25) is 4.79 Å². The van der Waals surface area contributed by atoms with Gasteiger partial charge in [-0.05, 0) is 58.9 Å². The molecule has 9 heteroatoms. The Bertz CT molecular complexity index is 1230. The summed E-state index contributed by atoms with van der Waals surface area (Å²) in [5.74, 6) is 1.65. The number of nitrogens with zero attached hydrogens (tertiary/aromatic N) is 5. The van der Waals surface area contributed by atoms with Gasteiger partial charge in [-0.15, -0.1) is 5.10 Å². The molecular weight excluding hydrogens is 458 g/mol. The number of carbonyl (C=O) groups excluding carboxylic acids is 1. The second-order valence-corrected chi connectivity index (χ2v) is 10.2. The number of piperidine rings is 1. The second kappa shape index (κ2) is 10.6. The van der Waals surface area contributed by atoms with Gasteiger partial charge in [0.1, 0.15) is 17.2 Å². The summed E-state index contributed by atoms with van der Waals surface area (Å²) in [6, 6.07) is 8.90. The number of methoxy groups -OCH3 is 1. The van der Waals surface area contributed by atoms with Crippen LogP contribution in [0.2, 0.25) is 0 Å². The van der Waals surface area contributed by atoms with Crippen LogP contribution in [0.1, 0.15) is 64.5 Å². The molecule has 36 heavy (non-hydrogen) atoms. The number of rotatable bonds is 7. The van der Waals surface area contributed by atoms with Crippen molar-refractivity contribution in [2.24, 2.45) is 5.92 Å². The summed E-state index contributed by atoms with van der Waals surface area (Å²) in [5.41, 5.74) is 2.76. The molecular formula is C27H35N5O4. The van der Waals surface area contributed by atoms with Gasteiger partial charge in [-0.25, -0.2) is 4.68 Å². The summed E-state index contributed by atoms with van der Waals surface area (Å²) in [6.45, 7) is 9.58. The third kappa shape index (κ3) is 5.15. The Kier molecular flexibility index (Phi) is 7.47. The number of benzene rings is 2. The van der Waals surface area contributed by atoms with Crippen LogP contribution in [0.4, 0.5) is 0 Å². The van der Waals surface area contributed by atoms with Crippen LogP contribution < -0.4 is 4.74 Å². The van der Waals surface area contributed by atoms with E-state index in [1.54, 1.807) is 17.9 Å². The molecule has 1 saturated heterocycles. The monoisotopic (exact) mass is 493 g/mol. The Morgan fingerprint density at radius 2 is 1.72 bits per heavy atom.